The Morgan fingerprint density at radius 1 is 1.07 bits per heavy atom. The molecule has 2 aromatic carbocycles. The molecule has 140 valence electrons. The molecule has 0 aliphatic heterocycles. The van der Waals surface area contributed by atoms with E-state index in [4.69, 9.17) is 5.26 Å². The van der Waals surface area contributed by atoms with Crippen molar-refractivity contribution in [2.75, 3.05) is 0 Å². The maximum atomic E-state index is 12.8. The van der Waals surface area contributed by atoms with Gasteiger partial charge in [-0.05, 0) is 41.0 Å². The first kappa shape index (κ1) is 19.1. The first-order chi connectivity index (χ1) is 13.4. The topological polar surface area (TPSA) is 65.8 Å². The Balaban J connectivity index is 1.81. The SMILES string of the molecule is N#Cc1cncc(CNC(=O)c2ccccc2-c2ccc(C(F)(F)F)cc2)c1. The van der Waals surface area contributed by atoms with E-state index in [9.17, 15) is 18.0 Å². The highest BCUT2D eigenvalue weighted by atomic mass is 19.4. The van der Waals surface area contributed by atoms with E-state index in [0.717, 1.165) is 12.1 Å². The van der Waals surface area contributed by atoms with Crippen LogP contribution in [-0.2, 0) is 12.7 Å². The van der Waals surface area contributed by atoms with Crippen LogP contribution >= 0.6 is 0 Å². The van der Waals surface area contributed by atoms with E-state index in [1.165, 1.54) is 18.3 Å². The number of carbonyl (C=O) groups excluding carboxylic acids is 1. The molecule has 0 aliphatic carbocycles. The number of aromatic nitrogens is 1. The molecule has 0 saturated heterocycles. The van der Waals surface area contributed by atoms with Gasteiger partial charge in [-0.2, -0.15) is 18.4 Å². The summed E-state index contributed by atoms with van der Waals surface area (Å²) in [4.78, 5) is 16.5. The molecule has 0 saturated carbocycles. The first-order valence-electron chi connectivity index (χ1n) is 8.27. The third-order valence-corrected chi connectivity index (χ3v) is 4.07. The van der Waals surface area contributed by atoms with Crippen molar-refractivity contribution in [3.05, 3.63) is 89.2 Å². The highest BCUT2D eigenvalue weighted by Gasteiger charge is 2.30. The van der Waals surface area contributed by atoms with E-state index in [0.29, 0.717) is 27.8 Å². The van der Waals surface area contributed by atoms with E-state index in [-0.39, 0.29) is 12.5 Å². The minimum Gasteiger partial charge on any atom is -0.348 e. The summed E-state index contributed by atoms with van der Waals surface area (Å²) in [7, 11) is 0. The summed E-state index contributed by atoms with van der Waals surface area (Å²) in [6.45, 7) is 0.169. The largest absolute Gasteiger partial charge is 0.416 e. The molecule has 4 nitrogen and oxygen atoms in total. The number of nitrogens with one attached hydrogen (secondary N) is 1. The molecule has 1 heterocycles. The van der Waals surface area contributed by atoms with Gasteiger partial charge in [0.1, 0.15) is 6.07 Å². The predicted molar refractivity (Wildman–Crippen MR) is 97.0 cm³/mol. The Morgan fingerprint density at radius 2 is 1.79 bits per heavy atom. The van der Waals surface area contributed by atoms with Gasteiger partial charge >= 0.3 is 6.18 Å². The van der Waals surface area contributed by atoms with Gasteiger partial charge in [0.2, 0.25) is 0 Å². The second-order valence-corrected chi connectivity index (χ2v) is 6.00. The number of nitriles is 1. The van der Waals surface area contributed by atoms with Crippen LogP contribution in [0, 0.1) is 11.3 Å². The molecule has 0 bridgehead atoms. The van der Waals surface area contributed by atoms with Crippen LogP contribution in [0.3, 0.4) is 0 Å². The molecule has 0 atom stereocenters. The van der Waals surface area contributed by atoms with Gasteiger partial charge in [-0.3, -0.25) is 9.78 Å². The fourth-order valence-electron chi connectivity index (χ4n) is 2.69. The Kier molecular flexibility index (Phi) is 5.41. The molecular weight excluding hydrogens is 367 g/mol. The molecule has 0 aliphatic rings. The van der Waals surface area contributed by atoms with Crippen LogP contribution in [0.2, 0.25) is 0 Å². The van der Waals surface area contributed by atoms with Crippen molar-refractivity contribution in [3.8, 4) is 17.2 Å². The van der Waals surface area contributed by atoms with E-state index >= 15 is 0 Å². The van der Waals surface area contributed by atoms with Crippen LogP contribution in [0.25, 0.3) is 11.1 Å². The van der Waals surface area contributed by atoms with Gasteiger partial charge in [0.25, 0.3) is 5.91 Å². The second kappa shape index (κ2) is 7.92. The molecule has 1 aromatic heterocycles. The third-order valence-electron chi connectivity index (χ3n) is 4.07. The minimum absolute atomic E-state index is 0.169. The Morgan fingerprint density at radius 3 is 2.46 bits per heavy atom. The van der Waals surface area contributed by atoms with Crippen molar-refractivity contribution in [2.45, 2.75) is 12.7 Å². The standard InChI is InChI=1S/C21H14F3N3O/c22-21(23,24)17-7-5-16(6-8-17)18-3-1-2-4-19(18)20(28)27-13-15-9-14(10-25)11-26-12-15/h1-9,11-12H,13H2,(H,27,28). The second-order valence-electron chi connectivity index (χ2n) is 6.00. The number of benzene rings is 2. The molecule has 0 spiro atoms. The summed E-state index contributed by atoms with van der Waals surface area (Å²) in [5, 5.41) is 11.6. The molecule has 1 amide bonds. The average Bonchev–Trinajstić information content (AvgIpc) is 2.71. The monoisotopic (exact) mass is 381 g/mol. The fourth-order valence-corrected chi connectivity index (χ4v) is 2.69. The lowest BCUT2D eigenvalue weighted by molar-refractivity contribution is -0.137. The molecule has 3 aromatic rings. The van der Waals surface area contributed by atoms with Gasteiger partial charge < -0.3 is 5.32 Å². The summed E-state index contributed by atoms with van der Waals surface area (Å²) in [6.07, 6.45) is -1.45. The van der Waals surface area contributed by atoms with E-state index in [1.54, 1.807) is 36.5 Å². The fraction of sp³-hybridized carbons (Fsp3) is 0.0952. The van der Waals surface area contributed by atoms with Crippen LogP contribution in [0.5, 0.6) is 0 Å². The number of alkyl halides is 3. The van der Waals surface area contributed by atoms with E-state index in [1.807, 2.05) is 6.07 Å². The average molecular weight is 381 g/mol. The Bertz CT molecular complexity index is 1040. The molecule has 0 radical (unpaired) electrons. The summed E-state index contributed by atoms with van der Waals surface area (Å²) in [5.74, 6) is -0.377. The van der Waals surface area contributed by atoms with Gasteiger partial charge in [0.15, 0.2) is 0 Å². The van der Waals surface area contributed by atoms with Crippen molar-refractivity contribution < 1.29 is 18.0 Å². The summed E-state index contributed by atoms with van der Waals surface area (Å²) < 4.78 is 38.3. The lowest BCUT2D eigenvalue weighted by Gasteiger charge is -2.12. The lowest BCUT2D eigenvalue weighted by atomic mass is 9.98. The van der Waals surface area contributed by atoms with Crippen LogP contribution < -0.4 is 5.32 Å². The number of amides is 1. The molecular formula is C21H14F3N3O. The highest BCUT2D eigenvalue weighted by molar-refractivity contribution is 6.00. The van der Waals surface area contributed by atoms with Crippen molar-refractivity contribution in [2.24, 2.45) is 0 Å². The van der Waals surface area contributed by atoms with Gasteiger partial charge in [-0.1, -0.05) is 30.3 Å². The third kappa shape index (κ3) is 4.35. The zero-order valence-corrected chi connectivity index (χ0v) is 14.5. The number of nitrogens with zero attached hydrogens (tertiary/aromatic N) is 2. The summed E-state index contributed by atoms with van der Waals surface area (Å²) in [5.41, 5.74) is 1.68. The Labute approximate surface area is 159 Å². The van der Waals surface area contributed by atoms with Crippen LogP contribution in [0.15, 0.2) is 67.0 Å². The van der Waals surface area contributed by atoms with Crippen LogP contribution in [0.4, 0.5) is 13.2 Å². The maximum absolute atomic E-state index is 12.8. The van der Waals surface area contributed by atoms with Gasteiger partial charge in [-0.25, -0.2) is 0 Å². The number of carbonyl (C=O) groups is 1. The van der Waals surface area contributed by atoms with Crippen molar-refractivity contribution in [3.63, 3.8) is 0 Å². The predicted octanol–water partition coefficient (Wildman–Crippen LogP) is 4.57. The van der Waals surface area contributed by atoms with Crippen LogP contribution in [0.1, 0.15) is 27.0 Å². The van der Waals surface area contributed by atoms with Gasteiger partial charge in [-0.15, -0.1) is 0 Å². The van der Waals surface area contributed by atoms with E-state index < -0.39 is 11.7 Å². The molecule has 0 unspecified atom stereocenters. The number of hydrogen-bond acceptors (Lipinski definition) is 3. The zero-order valence-electron chi connectivity index (χ0n) is 14.5. The molecule has 28 heavy (non-hydrogen) atoms. The first-order valence-corrected chi connectivity index (χ1v) is 8.27. The van der Waals surface area contributed by atoms with E-state index in [2.05, 4.69) is 10.3 Å². The molecule has 7 heteroatoms. The minimum atomic E-state index is -4.42. The number of pyridine rings is 1. The zero-order chi connectivity index (χ0) is 20.1. The van der Waals surface area contributed by atoms with Gasteiger partial charge in [0, 0.05) is 24.5 Å². The quantitative estimate of drug-likeness (QED) is 0.720. The molecule has 0 fully saturated rings. The lowest BCUT2D eigenvalue weighted by Crippen LogP contribution is -2.23. The Hall–Kier alpha value is -3.66. The normalized spacial score (nSPS) is 10.9. The summed E-state index contributed by atoms with van der Waals surface area (Å²) in [6, 6.07) is 14.9. The van der Waals surface area contributed by atoms with Crippen molar-refractivity contribution >= 4 is 5.91 Å². The maximum Gasteiger partial charge on any atom is 0.416 e. The molecule has 1 N–H and O–H groups in total. The van der Waals surface area contributed by atoms with Gasteiger partial charge in [0.05, 0.1) is 11.1 Å². The van der Waals surface area contributed by atoms with Crippen LogP contribution in [-0.4, -0.2) is 10.9 Å². The number of hydrogen-bond donors (Lipinski definition) is 1. The summed E-state index contributed by atoms with van der Waals surface area (Å²) >= 11 is 0. The number of halogens is 3. The molecule has 3 rings (SSSR count). The number of rotatable bonds is 4. The van der Waals surface area contributed by atoms with Crippen molar-refractivity contribution in [1.82, 2.24) is 10.3 Å². The highest BCUT2D eigenvalue weighted by Crippen LogP contribution is 2.31. The smallest absolute Gasteiger partial charge is 0.348 e. The van der Waals surface area contributed by atoms with Crippen molar-refractivity contribution in [1.29, 1.82) is 5.26 Å².